The molecule has 0 unspecified atom stereocenters. The van der Waals surface area contributed by atoms with Crippen LogP contribution in [0.1, 0.15) is 10.4 Å². The van der Waals surface area contributed by atoms with Gasteiger partial charge in [0, 0.05) is 35.1 Å². The highest BCUT2D eigenvalue weighted by Gasteiger charge is 2.12. The van der Waals surface area contributed by atoms with Gasteiger partial charge in [-0.25, -0.2) is 0 Å². The molecule has 4 rings (SSSR count). The molecule has 5 heteroatoms. The van der Waals surface area contributed by atoms with Crippen LogP contribution in [0.25, 0.3) is 20.2 Å². The van der Waals surface area contributed by atoms with Gasteiger partial charge in [-0.15, -0.1) is 11.3 Å². The van der Waals surface area contributed by atoms with Crippen molar-refractivity contribution in [3.63, 3.8) is 0 Å². The van der Waals surface area contributed by atoms with E-state index in [2.05, 4.69) is 15.9 Å². The molecule has 0 spiro atoms. The Morgan fingerprint density at radius 2 is 1.60 bits per heavy atom. The van der Waals surface area contributed by atoms with E-state index in [1.54, 1.807) is 23.5 Å². The molecule has 0 atom stereocenters. The normalized spacial score (nSPS) is 11.1. The summed E-state index contributed by atoms with van der Waals surface area (Å²) in [5.41, 5.74) is 0.521. The quantitative estimate of drug-likeness (QED) is 0.286. The fraction of sp³-hybridized carbons (Fsp3) is 0. The lowest BCUT2D eigenvalue weighted by Gasteiger charge is -2.04. The van der Waals surface area contributed by atoms with E-state index in [0.717, 1.165) is 18.8 Å². The Hall–Kier alpha value is -1.95. The maximum Gasteiger partial charge on any atom is 0.224 e. The van der Waals surface area contributed by atoms with Gasteiger partial charge in [-0.05, 0) is 66.4 Å². The lowest BCUT2D eigenvalue weighted by Crippen LogP contribution is -2.02. The molecule has 1 aromatic heterocycles. The van der Waals surface area contributed by atoms with Gasteiger partial charge < -0.3 is 0 Å². The van der Waals surface area contributed by atoms with E-state index in [1.165, 1.54) is 11.8 Å². The van der Waals surface area contributed by atoms with Crippen molar-refractivity contribution in [2.24, 2.45) is 0 Å². The predicted octanol–water partition coefficient (Wildman–Crippen LogP) is 6.11. The molecule has 3 aromatic carbocycles. The van der Waals surface area contributed by atoms with E-state index in [-0.39, 0.29) is 10.5 Å². The Labute approximate surface area is 160 Å². The second-order valence-electron chi connectivity index (χ2n) is 5.48. The number of hydrogen-bond donors (Lipinski definition) is 0. The van der Waals surface area contributed by atoms with E-state index in [9.17, 15) is 9.59 Å². The SMILES string of the molecule is O=C(Sc1ccc(Br)cc1)c1ccc2sc3ccccc3c(=O)c2c1. The largest absolute Gasteiger partial charge is 0.289 e. The summed E-state index contributed by atoms with van der Waals surface area (Å²) in [7, 11) is 0. The van der Waals surface area contributed by atoms with Crippen molar-refractivity contribution in [3.8, 4) is 0 Å². The van der Waals surface area contributed by atoms with Gasteiger partial charge in [0.1, 0.15) is 0 Å². The molecule has 122 valence electrons. The van der Waals surface area contributed by atoms with Crippen LogP contribution >= 0.6 is 39.0 Å². The summed E-state index contributed by atoms with van der Waals surface area (Å²) in [6.45, 7) is 0. The second-order valence-corrected chi connectivity index (χ2v) is 8.53. The van der Waals surface area contributed by atoms with Gasteiger partial charge in [0.15, 0.2) is 5.43 Å². The Morgan fingerprint density at radius 1 is 0.880 bits per heavy atom. The van der Waals surface area contributed by atoms with E-state index in [1.807, 2.05) is 54.6 Å². The molecule has 2 nitrogen and oxygen atoms in total. The van der Waals surface area contributed by atoms with Gasteiger partial charge in [0.05, 0.1) is 0 Å². The molecule has 0 saturated heterocycles. The van der Waals surface area contributed by atoms with Crippen LogP contribution in [0, 0.1) is 0 Å². The first kappa shape index (κ1) is 16.5. The average Bonchev–Trinajstić information content (AvgIpc) is 2.63. The fourth-order valence-electron chi connectivity index (χ4n) is 2.60. The molecule has 0 aliphatic carbocycles. The highest BCUT2D eigenvalue weighted by atomic mass is 79.9. The molecule has 0 fully saturated rings. The van der Waals surface area contributed by atoms with Crippen molar-refractivity contribution < 1.29 is 4.79 Å². The maximum absolute atomic E-state index is 12.7. The molecule has 0 aliphatic heterocycles. The Bertz CT molecular complexity index is 1160. The molecule has 0 bridgehead atoms. The van der Waals surface area contributed by atoms with Crippen LogP contribution in [0.2, 0.25) is 0 Å². The number of fused-ring (bicyclic) bond motifs is 2. The number of thioether (sulfide) groups is 1. The van der Waals surface area contributed by atoms with Crippen molar-refractivity contribution in [2.45, 2.75) is 4.90 Å². The van der Waals surface area contributed by atoms with Crippen LogP contribution in [-0.2, 0) is 0 Å². The molecule has 0 radical (unpaired) electrons. The van der Waals surface area contributed by atoms with E-state index < -0.39 is 0 Å². The summed E-state index contributed by atoms with van der Waals surface area (Å²) in [4.78, 5) is 26.2. The van der Waals surface area contributed by atoms with Gasteiger partial charge in [0.2, 0.25) is 5.12 Å². The highest BCUT2D eigenvalue weighted by molar-refractivity contribution is 9.10. The third-order valence-electron chi connectivity index (χ3n) is 3.84. The van der Waals surface area contributed by atoms with Crippen LogP contribution in [0.5, 0.6) is 0 Å². The number of benzene rings is 3. The molecular formula is C20H11BrO2S2. The summed E-state index contributed by atoms with van der Waals surface area (Å²) >= 11 is 6.12. The number of carbonyl (C=O) groups is 1. The summed E-state index contributed by atoms with van der Waals surface area (Å²) in [5, 5.41) is 1.23. The molecule has 0 saturated carbocycles. The van der Waals surface area contributed by atoms with Crippen molar-refractivity contribution in [1.29, 1.82) is 0 Å². The Balaban J connectivity index is 1.76. The monoisotopic (exact) mass is 426 g/mol. The van der Waals surface area contributed by atoms with Crippen molar-refractivity contribution >= 4 is 64.3 Å². The summed E-state index contributed by atoms with van der Waals surface area (Å²) < 4.78 is 2.83. The van der Waals surface area contributed by atoms with E-state index >= 15 is 0 Å². The molecule has 25 heavy (non-hydrogen) atoms. The van der Waals surface area contributed by atoms with Crippen molar-refractivity contribution in [1.82, 2.24) is 0 Å². The van der Waals surface area contributed by atoms with Gasteiger partial charge >= 0.3 is 0 Å². The molecule has 0 aliphatic rings. The third-order valence-corrected chi connectivity index (χ3v) is 6.45. The molecule has 4 aromatic rings. The summed E-state index contributed by atoms with van der Waals surface area (Å²) in [6.07, 6.45) is 0. The molecule has 0 amide bonds. The van der Waals surface area contributed by atoms with Crippen molar-refractivity contribution in [2.75, 3.05) is 0 Å². The smallest absolute Gasteiger partial charge is 0.224 e. The van der Waals surface area contributed by atoms with Crippen molar-refractivity contribution in [3.05, 3.63) is 87.0 Å². The third kappa shape index (κ3) is 3.27. The zero-order valence-electron chi connectivity index (χ0n) is 12.9. The number of rotatable bonds is 2. The van der Waals surface area contributed by atoms with Crippen LogP contribution in [0.3, 0.4) is 0 Å². The topological polar surface area (TPSA) is 34.1 Å². The van der Waals surface area contributed by atoms with Gasteiger partial charge in [-0.1, -0.05) is 28.1 Å². The van der Waals surface area contributed by atoms with E-state index in [0.29, 0.717) is 16.3 Å². The first-order chi connectivity index (χ1) is 12.1. The summed E-state index contributed by atoms with van der Waals surface area (Å²) in [5.74, 6) is 0. The zero-order valence-corrected chi connectivity index (χ0v) is 16.1. The van der Waals surface area contributed by atoms with Gasteiger partial charge in [0.25, 0.3) is 0 Å². The molecule has 1 heterocycles. The fourth-order valence-corrected chi connectivity index (χ4v) is 4.65. The van der Waals surface area contributed by atoms with Gasteiger partial charge in [-0.3, -0.25) is 9.59 Å². The lowest BCUT2D eigenvalue weighted by atomic mass is 10.1. The van der Waals surface area contributed by atoms with Crippen LogP contribution < -0.4 is 5.43 Å². The zero-order chi connectivity index (χ0) is 17.4. The van der Waals surface area contributed by atoms with Crippen LogP contribution in [-0.4, -0.2) is 5.12 Å². The summed E-state index contributed by atoms with van der Waals surface area (Å²) in [6, 6.07) is 20.5. The number of halogens is 1. The minimum absolute atomic E-state index is 0.0207. The van der Waals surface area contributed by atoms with Crippen LogP contribution in [0.15, 0.2) is 80.9 Å². The number of hydrogen-bond acceptors (Lipinski definition) is 4. The molecule has 0 N–H and O–H groups in total. The Kier molecular flexibility index (Phi) is 4.46. The highest BCUT2D eigenvalue weighted by Crippen LogP contribution is 2.28. The standard InChI is InChI=1S/C20H11BrO2S2/c21-13-6-8-14(9-7-13)24-20(23)12-5-10-18-16(11-12)19(22)15-3-1-2-4-17(15)25-18/h1-11H. The second kappa shape index (κ2) is 6.75. The molecular weight excluding hydrogens is 416 g/mol. The predicted molar refractivity (Wildman–Crippen MR) is 110 cm³/mol. The Morgan fingerprint density at radius 3 is 2.40 bits per heavy atom. The first-order valence-corrected chi connectivity index (χ1v) is 9.98. The minimum Gasteiger partial charge on any atom is -0.289 e. The van der Waals surface area contributed by atoms with Crippen LogP contribution in [0.4, 0.5) is 0 Å². The first-order valence-electron chi connectivity index (χ1n) is 7.55. The minimum atomic E-state index is -0.0678. The maximum atomic E-state index is 12.7. The lowest BCUT2D eigenvalue weighted by molar-refractivity contribution is 0.108. The van der Waals surface area contributed by atoms with Gasteiger partial charge in [-0.2, -0.15) is 0 Å². The number of carbonyl (C=O) groups excluding carboxylic acids is 1. The van der Waals surface area contributed by atoms with E-state index in [4.69, 9.17) is 0 Å². The average molecular weight is 427 g/mol.